The van der Waals surface area contributed by atoms with Gasteiger partial charge in [-0.2, -0.15) is 11.3 Å². The third-order valence-electron chi connectivity index (χ3n) is 3.44. The van der Waals surface area contributed by atoms with E-state index in [2.05, 4.69) is 5.38 Å². The Morgan fingerprint density at radius 1 is 1.38 bits per heavy atom. The second kappa shape index (κ2) is 5.60. The van der Waals surface area contributed by atoms with Gasteiger partial charge in [0, 0.05) is 18.4 Å². The zero-order chi connectivity index (χ0) is 11.4. The van der Waals surface area contributed by atoms with Crippen LogP contribution < -0.4 is 5.73 Å². The molecule has 0 bridgehead atoms. The molecule has 88 valence electrons. The van der Waals surface area contributed by atoms with Crippen molar-refractivity contribution in [1.82, 2.24) is 0 Å². The summed E-state index contributed by atoms with van der Waals surface area (Å²) in [5.74, 6) is 0.440. The Labute approximate surface area is 101 Å². The molecule has 1 heterocycles. The molecule has 2 atom stereocenters. The Kier molecular flexibility index (Phi) is 4.13. The van der Waals surface area contributed by atoms with Crippen molar-refractivity contribution in [3.8, 4) is 0 Å². The summed E-state index contributed by atoms with van der Waals surface area (Å²) in [6, 6.07) is 2.12. The topological polar surface area (TPSA) is 43.1 Å². The number of carbonyl (C=O) groups excluding carboxylic acids is 1. The highest BCUT2D eigenvalue weighted by Gasteiger charge is 2.26. The summed E-state index contributed by atoms with van der Waals surface area (Å²) in [6.45, 7) is 0. The molecule has 0 amide bonds. The fourth-order valence-corrected chi connectivity index (χ4v) is 3.13. The van der Waals surface area contributed by atoms with Crippen molar-refractivity contribution in [3.05, 3.63) is 22.4 Å². The normalized spacial score (nSPS) is 26.3. The molecule has 1 aromatic rings. The quantitative estimate of drug-likeness (QED) is 0.821. The van der Waals surface area contributed by atoms with Gasteiger partial charge in [-0.3, -0.25) is 4.79 Å². The Morgan fingerprint density at radius 3 is 2.94 bits per heavy atom. The van der Waals surface area contributed by atoms with Crippen LogP contribution in [-0.4, -0.2) is 11.8 Å². The molecule has 0 aliphatic heterocycles. The van der Waals surface area contributed by atoms with Crippen molar-refractivity contribution >= 4 is 17.1 Å². The number of rotatable bonds is 3. The van der Waals surface area contributed by atoms with E-state index < -0.39 is 0 Å². The van der Waals surface area contributed by atoms with E-state index >= 15 is 0 Å². The van der Waals surface area contributed by atoms with Gasteiger partial charge in [0.1, 0.15) is 5.78 Å². The summed E-state index contributed by atoms with van der Waals surface area (Å²) in [6.07, 6.45) is 6.15. The van der Waals surface area contributed by atoms with Crippen LogP contribution in [0.15, 0.2) is 16.8 Å². The summed E-state index contributed by atoms with van der Waals surface area (Å²) in [5.41, 5.74) is 7.24. The summed E-state index contributed by atoms with van der Waals surface area (Å²) in [5, 5.41) is 4.08. The molecule has 1 aliphatic rings. The summed E-state index contributed by atoms with van der Waals surface area (Å²) in [7, 11) is 0. The molecular formula is C13H19NOS. The van der Waals surface area contributed by atoms with Crippen molar-refractivity contribution in [2.24, 2.45) is 11.7 Å². The van der Waals surface area contributed by atoms with E-state index in [0.717, 1.165) is 24.8 Å². The Balaban J connectivity index is 1.97. The molecule has 0 radical (unpaired) electrons. The number of Topliss-reactive ketones (excluding diaryl/α,β-unsaturated/α-hetero) is 1. The monoisotopic (exact) mass is 237 g/mol. The van der Waals surface area contributed by atoms with Gasteiger partial charge < -0.3 is 5.73 Å². The predicted octanol–water partition coefficient (Wildman–Crippen LogP) is 2.77. The lowest BCUT2D eigenvalue weighted by molar-refractivity contribution is -0.123. The van der Waals surface area contributed by atoms with E-state index in [9.17, 15) is 4.79 Å². The first-order valence-electron chi connectivity index (χ1n) is 6.07. The number of hydrogen-bond acceptors (Lipinski definition) is 3. The van der Waals surface area contributed by atoms with E-state index in [-0.39, 0.29) is 12.0 Å². The van der Waals surface area contributed by atoms with Crippen LogP contribution in [0.2, 0.25) is 0 Å². The second-order valence-corrected chi connectivity index (χ2v) is 5.46. The van der Waals surface area contributed by atoms with Crippen LogP contribution >= 0.6 is 11.3 Å². The molecule has 2 N–H and O–H groups in total. The van der Waals surface area contributed by atoms with Crippen molar-refractivity contribution in [2.45, 2.75) is 44.6 Å². The van der Waals surface area contributed by atoms with Crippen LogP contribution in [-0.2, 0) is 11.2 Å². The zero-order valence-electron chi connectivity index (χ0n) is 9.52. The smallest absolute Gasteiger partial charge is 0.141 e. The number of ketones is 1. The molecule has 1 aromatic heterocycles. The maximum Gasteiger partial charge on any atom is 0.141 e. The SMILES string of the molecule is NC1CCCCCC1C(=O)Cc1ccsc1. The molecular weight excluding hydrogens is 218 g/mol. The maximum atomic E-state index is 12.2. The lowest BCUT2D eigenvalue weighted by atomic mass is 9.88. The van der Waals surface area contributed by atoms with Crippen LogP contribution in [0.4, 0.5) is 0 Å². The van der Waals surface area contributed by atoms with Crippen LogP contribution in [0.1, 0.15) is 37.7 Å². The van der Waals surface area contributed by atoms with Crippen LogP contribution in [0.3, 0.4) is 0 Å². The number of nitrogens with two attached hydrogens (primary N) is 1. The average molecular weight is 237 g/mol. The second-order valence-electron chi connectivity index (χ2n) is 4.68. The fourth-order valence-electron chi connectivity index (χ4n) is 2.46. The van der Waals surface area contributed by atoms with Gasteiger partial charge in [0.05, 0.1) is 0 Å². The van der Waals surface area contributed by atoms with Gasteiger partial charge in [0.2, 0.25) is 0 Å². The summed E-state index contributed by atoms with van der Waals surface area (Å²) in [4.78, 5) is 12.2. The molecule has 0 saturated heterocycles. The van der Waals surface area contributed by atoms with Gasteiger partial charge in [0.15, 0.2) is 0 Å². The Morgan fingerprint density at radius 2 is 2.19 bits per heavy atom. The Hall–Kier alpha value is -0.670. The zero-order valence-corrected chi connectivity index (χ0v) is 10.3. The summed E-state index contributed by atoms with van der Waals surface area (Å²) < 4.78 is 0. The van der Waals surface area contributed by atoms with Crippen LogP contribution in [0.5, 0.6) is 0 Å². The minimum absolute atomic E-state index is 0.0913. The predicted molar refractivity (Wildman–Crippen MR) is 67.6 cm³/mol. The minimum atomic E-state index is 0.0913. The first kappa shape index (κ1) is 11.8. The standard InChI is InChI=1S/C13H19NOS/c14-12-5-3-1-2-4-11(12)13(15)8-10-6-7-16-9-10/h6-7,9,11-12H,1-5,8,14H2. The molecule has 1 saturated carbocycles. The molecule has 3 heteroatoms. The molecule has 2 unspecified atom stereocenters. The lowest BCUT2D eigenvalue weighted by Crippen LogP contribution is -2.35. The van der Waals surface area contributed by atoms with E-state index in [4.69, 9.17) is 5.73 Å². The van der Waals surface area contributed by atoms with Gasteiger partial charge in [-0.15, -0.1) is 0 Å². The van der Waals surface area contributed by atoms with Crippen LogP contribution in [0.25, 0.3) is 0 Å². The van der Waals surface area contributed by atoms with Crippen molar-refractivity contribution in [1.29, 1.82) is 0 Å². The first-order chi connectivity index (χ1) is 7.77. The van der Waals surface area contributed by atoms with Crippen molar-refractivity contribution in [3.63, 3.8) is 0 Å². The molecule has 1 fully saturated rings. The largest absolute Gasteiger partial charge is 0.327 e. The molecule has 0 spiro atoms. The number of carbonyl (C=O) groups is 1. The van der Waals surface area contributed by atoms with Crippen LogP contribution in [0, 0.1) is 5.92 Å². The summed E-state index contributed by atoms with van der Waals surface area (Å²) >= 11 is 1.65. The highest BCUT2D eigenvalue weighted by Crippen LogP contribution is 2.24. The number of thiophene rings is 1. The van der Waals surface area contributed by atoms with E-state index in [1.54, 1.807) is 11.3 Å². The van der Waals surface area contributed by atoms with Gasteiger partial charge in [-0.25, -0.2) is 0 Å². The maximum absolute atomic E-state index is 12.2. The molecule has 0 aromatic carbocycles. The molecule has 16 heavy (non-hydrogen) atoms. The Bertz CT molecular complexity index is 334. The van der Waals surface area contributed by atoms with E-state index in [1.807, 2.05) is 11.4 Å². The van der Waals surface area contributed by atoms with Gasteiger partial charge in [-0.05, 0) is 35.2 Å². The van der Waals surface area contributed by atoms with Crippen molar-refractivity contribution < 1.29 is 4.79 Å². The van der Waals surface area contributed by atoms with Gasteiger partial charge >= 0.3 is 0 Å². The molecule has 1 aliphatic carbocycles. The highest BCUT2D eigenvalue weighted by molar-refractivity contribution is 7.07. The third kappa shape index (κ3) is 2.92. The van der Waals surface area contributed by atoms with Gasteiger partial charge in [-0.1, -0.05) is 19.3 Å². The number of hydrogen-bond donors (Lipinski definition) is 1. The highest BCUT2D eigenvalue weighted by atomic mass is 32.1. The average Bonchev–Trinajstić information content (AvgIpc) is 2.66. The first-order valence-corrected chi connectivity index (χ1v) is 7.01. The minimum Gasteiger partial charge on any atom is -0.327 e. The van der Waals surface area contributed by atoms with Gasteiger partial charge in [0.25, 0.3) is 0 Å². The van der Waals surface area contributed by atoms with Crippen molar-refractivity contribution in [2.75, 3.05) is 0 Å². The third-order valence-corrected chi connectivity index (χ3v) is 4.17. The fraction of sp³-hybridized carbons (Fsp3) is 0.615. The van der Waals surface area contributed by atoms with E-state index in [0.29, 0.717) is 12.2 Å². The van der Waals surface area contributed by atoms with E-state index in [1.165, 1.54) is 12.8 Å². The molecule has 2 rings (SSSR count). The lowest BCUT2D eigenvalue weighted by Gasteiger charge is -2.19. The molecule has 2 nitrogen and oxygen atoms in total.